The van der Waals surface area contributed by atoms with Gasteiger partial charge in [0.05, 0.1) is 18.9 Å². The average molecular weight is 468 g/mol. The fourth-order valence-electron chi connectivity index (χ4n) is 3.17. The van der Waals surface area contributed by atoms with E-state index in [1.54, 1.807) is 35.2 Å². The molecule has 1 heterocycles. The van der Waals surface area contributed by atoms with Crippen LogP contribution in [0.3, 0.4) is 0 Å². The Balaban J connectivity index is 0.00000341. The second-order valence-electron chi connectivity index (χ2n) is 6.67. The Morgan fingerprint density at radius 2 is 1.71 bits per heavy atom. The van der Waals surface area contributed by atoms with E-state index in [0.717, 1.165) is 13.1 Å². The van der Waals surface area contributed by atoms with Gasteiger partial charge < -0.3 is 14.4 Å². The van der Waals surface area contributed by atoms with Gasteiger partial charge >= 0.3 is 0 Å². The second kappa shape index (κ2) is 11.3. The van der Waals surface area contributed by atoms with Crippen LogP contribution >= 0.6 is 23.7 Å². The van der Waals surface area contributed by atoms with Crippen LogP contribution in [0, 0.1) is 5.82 Å². The van der Waals surface area contributed by atoms with Gasteiger partial charge in [0.1, 0.15) is 22.8 Å². The summed E-state index contributed by atoms with van der Waals surface area (Å²) < 4.78 is 25.5. The van der Waals surface area contributed by atoms with Crippen LogP contribution in [-0.4, -0.2) is 56.2 Å². The van der Waals surface area contributed by atoms with Crippen molar-refractivity contribution in [3.8, 4) is 11.5 Å². The van der Waals surface area contributed by atoms with Crippen LogP contribution < -0.4 is 14.4 Å². The van der Waals surface area contributed by atoms with Gasteiger partial charge in [-0.3, -0.25) is 9.69 Å². The first-order valence-corrected chi connectivity index (χ1v) is 10.6. The lowest BCUT2D eigenvalue weighted by Gasteiger charge is -2.25. The van der Waals surface area contributed by atoms with Crippen LogP contribution in [0.4, 0.5) is 9.52 Å². The molecule has 0 unspecified atom stereocenters. The van der Waals surface area contributed by atoms with Crippen LogP contribution in [0.1, 0.15) is 24.2 Å². The Labute approximate surface area is 192 Å². The fraction of sp³-hybridized carbons (Fsp3) is 0.364. The Kier molecular flexibility index (Phi) is 9.03. The minimum absolute atomic E-state index is 0. The number of halogens is 2. The van der Waals surface area contributed by atoms with E-state index in [1.807, 2.05) is 0 Å². The standard InChI is InChI=1S/C22H26FN3O3S.ClH/c1-5-25(6-2)10-11-26(22-24-20-18(23)8-7-9-19(20)30-22)21(27)15-12-16(28-3)14-17(13-15)29-4;/h7-9,12-14H,5-6,10-11H2,1-4H3;1H. The number of likely N-dealkylation sites (N-methyl/N-ethyl adjacent to an activating group) is 1. The SMILES string of the molecule is CCN(CC)CCN(C(=O)c1cc(OC)cc(OC)c1)c1nc2c(F)cccc2s1.Cl. The summed E-state index contributed by atoms with van der Waals surface area (Å²) in [4.78, 5) is 21.8. The van der Waals surface area contributed by atoms with Gasteiger partial charge in [0.2, 0.25) is 0 Å². The number of hydrogen-bond donors (Lipinski definition) is 0. The molecule has 1 amide bonds. The van der Waals surface area contributed by atoms with Crippen molar-refractivity contribution in [3.05, 3.63) is 47.8 Å². The number of carbonyl (C=O) groups is 1. The van der Waals surface area contributed by atoms with E-state index in [1.165, 1.54) is 31.6 Å². The van der Waals surface area contributed by atoms with Gasteiger partial charge in [-0.1, -0.05) is 31.3 Å². The number of hydrogen-bond acceptors (Lipinski definition) is 6. The average Bonchev–Trinajstić information content (AvgIpc) is 3.21. The Hall–Kier alpha value is -2.42. The first kappa shape index (κ1) is 24.8. The fourth-order valence-corrected chi connectivity index (χ4v) is 4.18. The highest BCUT2D eigenvalue weighted by molar-refractivity contribution is 7.22. The number of amides is 1. The number of benzene rings is 2. The van der Waals surface area contributed by atoms with Gasteiger partial charge in [-0.2, -0.15) is 0 Å². The number of para-hydroxylation sites is 1. The van der Waals surface area contributed by atoms with Crippen molar-refractivity contribution in [2.75, 3.05) is 45.3 Å². The van der Waals surface area contributed by atoms with E-state index in [-0.39, 0.29) is 23.8 Å². The third kappa shape index (κ3) is 5.64. The molecule has 31 heavy (non-hydrogen) atoms. The highest BCUT2D eigenvalue weighted by Crippen LogP contribution is 2.32. The first-order chi connectivity index (χ1) is 14.5. The molecular weight excluding hydrogens is 441 g/mol. The van der Waals surface area contributed by atoms with Crippen LogP contribution in [-0.2, 0) is 0 Å². The van der Waals surface area contributed by atoms with E-state index < -0.39 is 5.82 Å². The van der Waals surface area contributed by atoms with Gasteiger partial charge in [0.15, 0.2) is 5.13 Å². The van der Waals surface area contributed by atoms with Crippen LogP contribution in [0.5, 0.6) is 11.5 Å². The number of methoxy groups -OCH3 is 2. The maximum absolute atomic E-state index is 14.2. The number of nitrogens with zero attached hydrogens (tertiary/aromatic N) is 3. The number of anilines is 1. The van der Waals surface area contributed by atoms with E-state index >= 15 is 0 Å². The molecule has 0 saturated heterocycles. The molecule has 6 nitrogen and oxygen atoms in total. The number of fused-ring (bicyclic) bond motifs is 1. The van der Waals surface area contributed by atoms with E-state index in [9.17, 15) is 9.18 Å². The molecule has 0 saturated carbocycles. The molecule has 168 valence electrons. The predicted octanol–water partition coefficient (Wildman–Crippen LogP) is 4.86. The quantitative estimate of drug-likeness (QED) is 0.449. The normalized spacial score (nSPS) is 10.8. The van der Waals surface area contributed by atoms with Gasteiger partial charge in [-0.25, -0.2) is 9.37 Å². The summed E-state index contributed by atoms with van der Waals surface area (Å²) in [6.45, 7) is 7.02. The van der Waals surface area contributed by atoms with Crippen molar-refractivity contribution in [3.63, 3.8) is 0 Å². The lowest BCUT2D eigenvalue weighted by Crippen LogP contribution is -2.38. The van der Waals surface area contributed by atoms with Crippen molar-refractivity contribution in [2.24, 2.45) is 0 Å². The van der Waals surface area contributed by atoms with Crippen LogP contribution in [0.25, 0.3) is 10.2 Å². The largest absolute Gasteiger partial charge is 0.497 e. The maximum atomic E-state index is 14.2. The Morgan fingerprint density at radius 1 is 1.06 bits per heavy atom. The number of carbonyl (C=O) groups excluding carboxylic acids is 1. The summed E-state index contributed by atoms with van der Waals surface area (Å²) in [6, 6.07) is 9.88. The monoisotopic (exact) mass is 467 g/mol. The number of aromatic nitrogens is 1. The molecule has 9 heteroatoms. The minimum atomic E-state index is -0.394. The van der Waals surface area contributed by atoms with Gasteiger partial charge in [-0.05, 0) is 37.4 Å². The summed E-state index contributed by atoms with van der Waals surface area (Å²) >= 11 is 1.30. The van der Waals surface area contributed by atoms with Crippen molar-refractivity contribution < 1.29 is 18.7 Å². The zero-order chi connectivity index (χ0) is 21.7. The molecule has 0 radical (unpaired) electrons. The molecule has 2 aromatic carbocycles. The Bertz CT molecular complexity index is 1000. The first-order valence-electron chi connectivity index (χ1n) is 9.83. The summed E-state index contributed by atoms with van der Waals surface area (Å²) in [5, 5.41) is 0.467. The molecule has 0 bridgehead atoms. The van der Waals surface area contributed by atoms with E-state index in [4.69, 9.17) is 9.47 Å². The lowest BCUT2D eigenvalue weighted by molar-refractivity contribution is 0.0983. The minimum Gasteiger partial charge on any atom is -0.497 e. The third-order valence-corrected chi connectivity index (χ3v) is 6.01. The molecule has 0 spiro atoms. The highest BCUT2D eigenvalue weighted by atomic mass is 35.5. The molecular formula is C22H27ClFN3O3S. The van der Waals surface area contributed by atoms with Gasteiger partial charge in [0.25, 0.3) is 5.91 Å². The topological polar surface area (TPSA) is 54.9 Å². The second-order valence-corrected chi connectivity index (χ2v) is 7.68. The third-order valence-electron chi connectivity index (χ3n) is 4.97. The molecule has 3 aromatic rings. The maximum Gasteiger partial charge on any atom is 0.260 e. The number of ether oxygens (including phenoxy) is 2. The van der Waals surface area contributed by atoms with E-state index in [0.29, 0.717) is 40.0 Å². The molecule has 0 aliphatic rings. The molecule has 0 fully saturated rings. The highest BCUT2D eigenvalue weighted by Gasteiger charge is 2.23. The van der Waals surface area contributed by atoms with Crippen molar-refractivity contribution in [1.82, 2.24) is 9.88 Å². The summed E-state index contributed by atoms with van der Waals surface area (Å²) in [6.07, 6.45) is 0. The van der Waals surface area contributed by atoms with Crippen molar-refractivity contribution in [2.45, 2.75) is 13.8 Å². The number of rotatable bonds is 9. The molecule has 1 aromatic heterocycles. The smallest absolute Gasteiger partial charge is 0.260 e. The molecule has 3 rings (SSSR count). The zero-order valence-electron chi connectivity index (χ0n) is 18.1. The summed E-state index contributed by atoms with van der Waals surface area (Å²) in [5.74, 6) is 0.418. The van der Waals surface area contributed by atoms with Gasteiger partial charge in [-0.15, -0.1) is 12.4 Å². The summed E-state index contributed by atoms with van der Waals surface area (Å²) in [5.41, 5.74) is 0.701. The molecule has 0 aliphatic carbocycles. The van der Waals surface area contributed by atoms with E-state index in [2.05, 4.69) is 23.7 Å². The van der Waals surface area contributed by atoms with Crippen molar-refractivity contribution >= 4 is 45.0 Å². The number of thiazole rings is 1. The zero-order valence-corrected chi connectivity index (χ0v) is 19.7. The lowest BCUT2D eigenvalue weighted by atomic mass is 10.1. The van der Waals surface area contributed by atoms with Gasteiger partial charge in [0, 0.05) is 24.7 Å². The van der Waals surface area contributed by atoms with Crippen LogP contribution in [0.2, 0.25) is 0 Å². The van der Waals surface area contributed by atoms with Crippen LogP contribution in [0.15, 0.2) is 36.4 Å². The summed E-state index contributed by atoms with van der Waals surface area (Å²) in [7, 11) is 3.08. The van der Waals surface area contributed by atoms with Crippen molar-refractivity contribution in [1.29, 1.82) is 0 Å². The molecule has 0 N–H and O–H groups in total. The predicted molar refractivity (Wildman–Crippen MR) is 126 cm³/mol. The molecule has 0 aliphatic heterocycles. The molecule has 0 atom stereocenters. The Morgan fingerprint density at radius 3 is 2.26 bits per heavy atom.